The van der Waals surface area contributed by atoms with Crippen LogP contribution in [0.3, 0.4) is 0 Å². The van der Waals surface area contributed by atoms with E-state index in [9.17, 15) is 0 Å². The fourth-order valence-corrected chi connectivity index (χ4v) is 1.86. The van der Waals surface area contributed by atoms with Crippen molar-refractivity contribution >= 4 is 11.6 Å². The van der Waals surface area contributed by atoms with Crippen LogP contribution in [-0.4, -0.2) is 17.1 Å². The lowest BCUT2D eigenvalue weighted by molar-refractivity contribution is 0.416. The van der Waals surface area contributed by atoms with Gasteiger partial charge < -0.3 is 9.72 Å². The zero-order valence-corrected chi connectivity index (χ0v) is 10.9. The number of nitrogens with zero attached hydrogens (tertiary/aromatic N) is 2. The minimum absolute atomic E-state index is 0.252. The average Bonchev–Trinajstić information content (AvgIpc) is 2.81. The number of imidazole rings is 1. The molecule has 0 bridgehead atoms. The van der Waals surface area contributed by atoms with E-state index in [1.807, 2.05) is 25.1 Å². The Hall–Kier alpha value is -1.99. The first-order chi connectivity index (χ1) is 8.65. The Labute approximate surface area is 110 Å². The van der Waals surface area contributed by atoms with E-state index in [1.54, 1.807) is 13.3 Å². The standard InChI is InChI=1S/C13H12ClN3O/c1-8-5-12(18-2)9(6-10(8)14)11-7-16-13(17-11)3-4-15/h5-7H,3H2,1-2H3,(H,16,17). The molecule has 0 fully saturated rings. The van der Waals surface area contributed by atoms with Crippen LogP contribution in [-0.2, 0) is 6.42 Å². The number of aryl methyl sites for hydroxylation is 1. The van der Waals surface area contributed by atoms with E-state index in [0.29, 0.717) is 10.8 Å². The number of aromatic nitrogens is 2. The van der Waals surface area contributed by atoms with Crippen LogP contribution in [0.1, 0.15) is 11.4 Å². The van der Waals surface area contributed by atoms with Crippen molar-refractivity contribution in [3.8, 4) is 23.1 Å². The molecule has 0 unspecified atom stereocenters. The number of nitriles is 1. The molecular weight excluding hydrogens is 250 g/mol. The van der Waals surface area contributed by atoms with Crippen LogP contribution in [0.4, 0.5) is 0 Å². The molecule has 0 aliphatic heterocycles. The third-order valence-electron chi connectivity index (χ3n) is 2.65. The number of rotatable bonds is 3. The molecule has 1 heterocycles. The third-order valence-corrected chi connectivity index (χ3v) is 3.05. The van der Waals surface area contributed by atoms with Crippen molar-refractivity contribution in [1.29, 1.82) is 5.26 Å². The monoisotopic (exact) mass is 261 g/mol. The van der Waals surface area contributed by atoms with Crippen LogP contribution in [0.2, 0.25) is 5.02 Å². The Morgan fingerprint density at radius 3 is 2.94 bits per heavy atom. The molecule has 0 amide bonds. The summed E-state index contributed by atoms with van der Waals surface area (Å²) in [6.45, 7) is 1.92. The van der Waals surface area contributed by atoms with Crippen molar-refractivity contribution in [2.24, 2.45) is 0 Å². The molecule has 0 saturated carbocycles. The van der Waals surface area contributed by atoms with Gasteiger partial charge in [-0.05, 0) is 24.6 Å². The minimum atomic E-state index is 0.252. The molecule has 5 heteroatoms. The van der Waals surface area contributed by atoms with Crippen molar-refractivity contribution in [2.75, 3.05) is 7.11 Å². The number of benzene rings is 1. The highest BCUT2D eigenvalue weighted by Crippen LogP contribution is 2.33. The van der Waals surface area contributed by atoms with Gasteiger partial charge in [0, 0.05) is 10.6 Å². The second-order valence-electron chi connectivity index (χ2n) is 3.88. The van der Waals surface area contributed by atoms with Crippen LogP contribution in [0.25, 0.3) is 11.3 Å². The second kappa shape index (κ2) is 5.11. The summed E-state index contributed by atoms with van der Waals surface area (Å²) in [5.41, 5.74) is 2.58. The van der Waals surface area contributed by atoms with Crippen molar-refractivity contribution in [3.05, 3.63) is 34.7 Å². The van der Waals surface area contributed by atoms with E-state index in [1.165, 1.54) is 0 Å². The minimum Gasteiger partial charge on any atom is -0.496 e. The molecule has 92 valence electrons. The molecule has 2 rings (SSSR count). The van der Waals surface area contributed by atoms with E-state index >= 15 is 0 Å². The third kappa shape index (κ3) is 2.31. The zero-order valence-electron chi connectivity index (χ0n) is 10.1. The number of halogens is 1. The summed E-state index contributed by atoms with van der Waals surface area (Å²) in [7, 11) is 1.61. The lowest BCUT2D eigenvalue weighted by Gasteiger charge is -2.09. The quantitative estimate of drug-likeness (QED) is 0.923. The number of nitrogens with one attached hydrogen (secondary N) is 1. The van der Waals surface area contributed by atoms with E-state index < -0.39 is 0 Å². The van der Waals surface area contributed by atoms with Crippen molar-refractivity contribution in [3.63, 3.8) is 0 Å². The largest absolute Gasteiger partial charge is 0.496 e. The molecule has 0 aliphatic rings. The van der Waals surface area contributed by atoms with Crippen LogP contribution in [0, 0.1) is 18.3 Å². The highest BCUT2D eigenvalue weighted by Gasteiger charge is 2.11. The predicted molar refractivity (Wildman–Crippen MR) is 69.6 cm³/mol. The fourth-order valence-electron chi connectivity index (χ4n) is 1.70. The molecule has 0 saturated heterocycles. The summed E-state index contributed by atoms with van der Waals surface area (Å²) in [4.78, 5) is 7.21. The first-order valence-corrected chi connectivity index (χ1v) is 5.79. The lowest BCUT2D eigenvalue weighted by Crippen LogP contribution is -1.91. The van der Waals surface area contributed by atoms with Crippen molar-refractivity contribution < 1.29 is 4.74 Å². The van der Waals surface area contributed by atoms with Gasteiger partial charge in [-0.15, -0.1) is 0 Å². The average molecular weight is 262 g/mol. The molecule has 1 aromatic heterocycles. The van der Waals surface area contributed by atoms with Gasteiger partial charge in [-0.3, -0.25) is 0 Å². The van der Waals surface area contributed by atoms with Crippen molar-refractivity contribution in [1.82, 2.24) is 9.97 Å². The molecule has 2 aromatic rings. The Morgan fingerprint density at radius 2 is 2.28 bits per heavy atom. The van der Waals surface area contributed by atoms with Gasteiger partial charge in [-0.25, -0.2) is 4.98 Å². The first-order valence-electron chi connectivity index (χ1n) is 5.41. The van der Waals surface area contributed by atoms with Gasteiger partial charge in [-0.2, -0.15) is 5.26 Å². The Morgan fingerprint density at radius 1 is 1.50 bits per heavy atom. The summed E-state index contributed by atoms with van der Waals surface area (Å²) < 4.78 is 5.33. The normalized spacial score (nSPS) is 10.1. The fraction of sp³-hybridized carbons (Fsp3) is 0.231. The molecule has 4 nitrogen and oxygen atoms in total. The molecule has 0 radical (unpaired) electrons. The maximum Gasteiger partial charge on any atom is 0.128 e. The molecule has 0 aliphatic carbocycles. The summed E-state index contributed by atoms with van der Waals surface area (Å²) in [6.07, 6.45) is 1.93. The summed E-state index contributed by atoms with van der Waals surface area (Å²) in [5, 5.41) is 9.29. The number of hydrogen-bond donors (Lipinski definition) is 1. The first kappa shape index (κ1) is 12.5. The molecule has 1 aromatic carbocycles. The summed E-state index contributed by atoms with van der Waals surface area (Å²) >= 11 is 6.12. The van der Waals surface area contributed by atoms with Crippen LogP contribution in [0.5, 0.6) is 5.75 Å². The summed E-state index contributed by atoms with van der Waals surface area (Å²) in [5.74, 6) is 1.36. The maximum atomic E-state index is 8.62. The van der Waals surface area contributed by atoms with Gasteiger partial charge in [0.25, 0.3) is 0 Å². The summed E-state index contributed by atoms with van der Waals surface area (Å²) in [6, 6.07) is 5.76. The predicted octanol–water partition coefficient (Wildman–Crippen LogP) is 3.11. The van der Waals surface area contributed by atoms with Gasteiger partial charge in [0.2, 0.25) is 0 Å². The molecule has 18 heavy (non-hydrogen) atoms. The van der Waals surface area contributed by atoms with Gasteiger partial charge in [0.15, 0.2) is 0 Å². The van der Waals surface area contributed by atoms with Gasteiger partial charge in [0.05, 0.1) is 31.5 Å². The smallest absolute Gasteiger partial charge is 0.128 e. The lowest BCUT2D eigenvalue weighted by atomic mass is 10.1. The zero-order chi connectivity index (χ0) is 13.1. The molecule has 0 atom stereocenters. The Balaban J connectivity index is 2.49. The van der Waals surface area contributed by atoms with Gasteiger partial charge in [0.1, 0.15) is 11.6 Å². The van der Waals surface area contributed by atoms with Gasteiger partial charge in [-0.1, -0.05) is 11.6 Å². The number of ether oxygens (including phenoxy) is 1. The number of methoxy groups -OCH3 is 1. The van der Waals surface area contributed by atoms with E-state index in [0.717, 1.165) is 22.6 Å². The topological polar surface area (TPSA) is 61.7 Å². The van der Waals surface area contributed by atoms with Gasteiger partial charge >= 0.3 is 0 Å². The molecular formula is C13H12ClN3O. The van der Waals surface area contributed by atoms with E-state index in [2.05, 4.69) is 9.97 Å². The number of hydrogen-bond acceptors (Lipinski definition) is 3. The highest BCUT2D eigenvalue weighted by atomic mass is 35.5. The Kier molecular flexibility index (Phi) is 3.54. The Bertz CT molecular complexity index is 613. The van der Waals surface area contributed by atoms with Crippen molar-refractivity contribution in [2.45, 2.75) is 13.3 Å². The maximum absolute atomic E-state index is 8.62. The van der Waals surface area contributed by atoms with Crippen LogP contribution >= 0.6 is 11.6 Å². The highest BCUT2D eigenvalue weighted by molar-refractivity contribution is 6.31. The van der Waals surface area contributed by atoms with Crippen LogP contribution in [0.15, 0.2) is 18.3 Å². The number of H-pyrrole nitrogens is 1. The number of aromatic amines is 1. The molecule has 0 spiro atoms. The van der Waals surface area contributed by atoms with E-state index in [-0.39, 0.29) is 6.42 Å². The van der Waals surface area contributed by atoms with E-state index in [4.69, 9.17) is 21.6 Å². The van der Waals surface area contributed by atoms with Crippen LogP contribution < -0.4 is 4.74 Å². The molecule has 1 N–H and O–H groups in total. The SMILES string of the molecule is COc1cc(C)c(Cl)cc1-c1cnc(CC#N)[nH]1. The second-order valence-corrected chi connectivity index (χ2v) is 4.29.